The van der Waals surface area contributed by atoms with Crippen molar-refractivity contribution in [2.45, 2.75) is 26.7 Å². The molecule has 1 heteroatoms. The van der Waals surface area contributed by atoms with Gasteiger partial charge in [0.05, 0.1) is 0 Å². The standard InChI is InChI=1S/C10H19N/c1-4-7-8-9-10-11(5-2)6-3/h4,9-10H,1,5-8H2,2-3H3/b10-9+. The predicted octanol–water partition coefficient (Wildman–Crippen LogP) is 2.81. The van der Waals surface area contributed by atoms with Crippen molar-refractivity contribution in [3.05, 3.63) is 24.9 Å². The smallest absolute Gasteiger partial charge is 0.0143 e. The van der Waals surface area contributed by atoms with Crippen LogP contribution in [0.25, 0.3) is 0 Å². The minimum Gasteiger partial charge on any atom is -0.378 e. The highest BCUT2D eigenvalue weighted by Gasteiger charge is 1.87. The second-order valence-corrected chi connectivity index (χ2v) is 2.47. The highest BCUT2D eigenvalue weighted by Crippen LogP contribution is 1.94. The van der Waals surface area contributed by atoms with Gasteiger partial charge >= 0.3 is 0 Å². The third-order valence-corrected chi connectivity index (χ3v) is 1.67. The summed E-state index contributed by atoms with van der Waals surface area (Å²) >= 11 is 0. The van der Waals surface area contributed by atoms with Crippen molar-refractivity contribution >= 4 is 0 Å². The fourth-order valence-corrected chi connectivity index (χ4v) is 0.872. The number of hydrogen-bond donors (Lipinski definition) is 0. The summed E-state index contributed by atoms with van der Waals surface area (Å²) in [4.78, 5) is 2.28. The Hall–Kier alpha value is -0.720. The van der Waals surface area contributed by atoms with E-state index >= 15 is 0 Å². The maximum atomic E-state index is 3.67. The molecule has 0 unspecified atom stereocenters. The van der Waals surface area contributed by atoms with Gasteiger partial charge in [0, 0.05) is 13.1 Å². The Morgan fingerprint density at radius 3 is 2.27 bits per heavy atom. The molecule has 0 aromatic heterocycles. The zero-order valence-electron chi connectivity index (χ0n) is 7.71. The van der Waals surface area contributed by atoms with Gasteiger partial charge in [-0.3, -0.25) is 0 Å². The van der Waals surface area contributed by atoms with E-state index in [1.165, 1.54) is 0 Å². The van der Waals surface area contributed by atoms with Gasteiger partial charge in [0.2, 0.25) is 0 Å². The summed E-state index contributed by atoms with van der Waals surface area (Å²) in [5.41, 5.74) is 0. The molecule has 0 rings (SSSR count). The van der Waals surface area contributed by atoms with Crippen LogP contribution >= 0.6 is 0 Å². The topological polar surface area (TPSA) is 3.24 Å². The van der Waals surface area contributed by atoms with Crippen molar-refractivity contribution in [2.75, 3.05) is 13.1 Å². The molecular formula is C10H19N. The van der Waals surface area contributed by atoms with Crippen molar-refractivity contribution in [3.8, 4) is 0 Å². The third kappa shape index (κ3) is 5.71. The van der Waals surface area contributed by atoms with Crippen LogP contribution in [0.4, 0.5) is 0 Å². The van der Waals surface area contributed by atoms with Crippen molar-refractivity contribution in [1.82, 2.24) is 4.90 Å². The number of allylic oxidation sites excluding steroid dienone is 2. The minimum absolute atomic E-state index is 1.08. The summed E-state index contributed by atoms with van der Waals surface area (Å²) in [7, 11) is 0. The number of nitrogens with zero attached hydrogens (tertiary/aromatic N) is 1. The summed E-state index contributed by atoms with van der Waals surface area (Å²) in [6.07, 6.45) is 8.52. The summed E-state index contributed by atoms with van der Waals surface area (Å²) in [6.45, 7) is 10.2. The second-order valence-electron chi connectivity index (χ2n) is 2.47. The zero-order chi connectivity index (χ0) is 8.53. The van der Waals surface area contributed by atoms with Gasteiger partial charge in [0.1, 0.15) is 0 Å². The molecule has 0 aromatic rings. The molecule has 0 aliphatic carbocycles. The van der Waals surface area contributed by atoms with Crippen LogP contribution in [0, 0.1) is 0 Å². The quantitative estimate of drug-likeness (QED) is 0.419. The third-order valence-electron chi connectivity index (χ3n) is 1.67. The molecule has 0 heterocycles. The molecule has 0 amide bonds. The highest BCUT2D eigenvalue weighted by atomic mass is 15.1. The predicted molar refractivity (Wildman–Crippen MR) is 51.5 cm³/mol. The Kier molecular flexibility index (Phi) is 6.90. The number of hydrogen-bond acceptors (Lipinski definition) is 1. The van der Waals surface area contributed by atoms with E-state index in [1.807, 2.05) is 6.08 Å². The van der Waals surface area contributed by atoms with Gasteiger partial charge in [0.25, 0.3) is 0 Å². The van der Waals surface area contributed by atoms with Crippen LogP contribution in [0.15, 0.2) is 24.9 Å². The van der Waals surface area contributed by atoms with Gasteiger partial charge in [-0.2, -0.15) is 0 Å². The number of unbranched alkanes of at least 4 members (excludes halogenated alkanes) is 1. The van der Waals surface area contributed by atoms with Gasteiger partial charge in [-0.05, 0) is 32.9 Å². The maximum absolute atomic E-state index is 3.67. The van der Waals surface area contributed by atoms with E-state index in [0.29, 0.717) is 0 Å². The maximum Gasteiger partial charge on any atom is 0.0143 e. The lowest BCUT2D eigenvalue weighted by Crippen LogP contribution is -2.14. The van der Waals surface area contributed by atoms with Crippen LogP contribution in [0.5, 0.6) is 0 Å². The molecule has 0 saturated heterocycles. The summed E-state index contributed by atoms with van der Waals surface area (Å²) in [5.74, 6) is 0. The molecule has 0 spiro atoms. The van der Waals surface area contributed by atoms with Crippen LogP contribution < -0.4 is 0 Å². The lowest BCUT2D eigenvalue weighted by Gasteiger charge is -2.14. The molecular weight excluding hydrogens is 134 g/mol. The van der Waals surface area contributed by atoms with E-state index in [-0.39, 0.29) is 0 Å². The number of rotatable bonds is 6. The molecule has 0 bridgehead atoms. The fraction of sp³-hybridized carbons (Fsp3) is 0.600. The van der Waals surface area contributed by atoms with Crippen molar-refractivity contribution in [1.29, 1.82) is 0 Å². The van der Waals surface area contributed by atoms with Gasteiger partial charge in [-0.25, -0.2) is 0 Å². The van der Waals surface area contributed by atoms with Crippen LogP contribution in [-0.2, 0) is 0 Å². The van der Waals surface area contributed by atoms with E-state index < -0.39 is 0 Å². The first kappa shape index (κ1) is 10.3. The van der Waals surface area contributed by atoms with Crippen LogP contribution in [-0.4, -0.2) is 18.0 Å². The lowest BCUT2D eigenvalue weighted by molar-refractivity contribution is 0.417. The van der Waals surface area contributed by atoms with E-state index in [0.717, 1.165) is 25.9 Å². The van der Waals surface area contributed by atoms with Crippen LogP contribution in [0.3, 0.4) is 0 Å². The van der Waals surface area contributed by atoms with Crippen LogP contribution in [0.1, 0.15) is 26.7 Å². The average molecular weight is 153 g/mol. The van der Waals surface area contributed by atoms with Gasteiger partial charge in [-0.15, -0.1) is 6.58 Å². The molecule has 0 N–H and O–H groups in total. The largest absolute Gasteiger partial charge is 0.378 e. The molecule has 0 saturated carbocycles. The zero-order valence-corrected chi connectivity index (χ0v) is 7.71. The fourth-order valence-electron chi connectivity index (χ4n) is 0.872. The molecule has 0 fully saturated rings. The van der Waals surface area contributed by atoms with E-state index in [1.54, 1.807) is 0 Å². The first-order chi connectivity index (χ1) is 5.35. The van der Waals surface area contributed by atoms with Gasteiger partial charge in [0.15, 0.2) is 0 Å². The lowest BCUT2D eigenvalue weighted by atomic mass is 10.3. The van der Waals surface area contributed by atoms with Crippen molar-refractivity contribution in [2.24, 2.45) is 0 Å². The average Bonchev–Trinajstić information content (AvgIpc) is 2.05. The second kappa shape index (κ2) is 7.39. The SMILES string of the molecule is C=CCC/C=C/N(CC)CC. The van der Waals surface area contributed by atoms with E-state index in [4.69, 9.17) is 0 Å². The summed E-state index contributed by atoms with van der Waals surface area (Å²) in [5, 5.41) is 0. The normalized spacial score (nSPS) is 10.4. The first-order valence-electron chi connectivity index (χ1n) is 4.36. The Bertz CT molecular complexity index is 112. The summed E-state index contributed by atoms with van der Waals surface area (Å²) < 4.78 is 0. The Balaban J connectivity index is 3.44. The molecule has 0 atom stereocenters. The molecule has 0 aliphatic rings. The van der Waals surface area contributed by atoms with Crippen molar-refractivity contribution in [3.63, 3.8) is 0 Å². The Morgan fingerprint density at radius 1 is 1.18 bits per heavy atom. The van der Waals surface area contributed by atoms with Crippen molar-refractivity contribution < 1.29 is 0 Å². The van der Waals surface area contributed by atoms with Gasteiger partial charge in [-0.1, -0.05) is 12.2 Å². The molecule has 0 aromatic carbocycles. The molecule has 1 nitrogen and oxygen atoms in total. The van der Waals surface area contributed by atoms with E-state index in [9.17, 15) is 0 Å². The van der Waals surface area contributed by atoms with Gasteiger partial charge < -0.3 is 4.90 Å². The molecule has 64 valence electrons. The van der Waals surface area contributed by atoms with E-state index in [2.05, 4.69) is 37.6 Å². The molecule has 0 aliphatic heterocycles. The Labute approximate surface area is 70.4 Å². The minimum atomic E-state index is 1.08. The Morgan fingerprint density at radius 2 is 1.82 bits per heavy atom. The molecule has 0 radical (unpaired) electrons. The van der Waals surface area contributed by atoms with Crippen LogP contribution in [0.2, 0.25) is 0 Å². The first-order valence-corrected chi connectivity index (χ1v) is 4.36. The highest BCUT2D eigenvalue weighted by molar-refractivity contribution is 4.83. The monoisotopic (exact) mass is 153 g/mol. The summed E-state index contributed by atoms with van der Waals surface area (Å²) in [6, 6.07) is 0. The molecule has 11 heavy (non-hydrogen) atoms.